The highest BCUT2D eigenvalue weighted by Crippen LogP contribution is 2.51. The second kappa shape index (κ2) is 10.6. The van der Waals surface area contributed by atoms with E-state index in [1.165, 1.54) is 27.8 Å². The minimum atomic E-state index is -0.00354. The normalized spacial score (nSPS) is 20.3. The van der Waals surface area contributed by atoms with Crippen molar-refractivity contribution >= 4 is 16.5 Å². The first-order valence-corrected chi connectivity index (χ1v) is 14.9. The van der Waals surface area contributed by atoms with Gasteiger partial charge in [-0.25, -0.2) is 15.0 Å². The fourth-order valence-electron chi connectivity index (χ4n) is 6.66. The molecule has 0 saturated carbocycles. The standard InChI is InChI=1S/C39H30N4/c1-25-10-5-14-28(22-21-25)38-41-37(27-11-3-2-4-12-27)42-39(43-38)33-20-7-15-29-24-34-30(17-8-18-31(34)35(29)33)32-19-6-13-26-16-9-23-40-36(26)32/h2-23,25,33,35H,24H2,1H3. The van der Waals surface area contributed by atoms with Crippen LogP contribution in [0.25, 0.3) is 39.0 Å². The molecular formula is C39H30N4. The minimum absolute atomic E-state index is 0.00354. The predicted molar refractivity (Wildman–Crippen MR) is 174 cm³/mol. The van der Waals surface area contributed by atoms with E-state index in [9.17, 15) is 0 Å². The summed E-state index contributed by atoms with van der Waals surface area (Å²) in [6, 6.07) is 27.6. The van der Waals surface area contributed by atoms with E-state index >= 15 is 0 Å². The lowest BCUT2D eigenvalue weighted by atomic mass is 9.80. The topological polar surface area (TPSA) is 51.6 Å². The molecular weight excluding hydrogens is 524 g/mol. The van der Waals surface area contributed by atoms with Crippen molar-refractivity contribution in [1.29, 1.82) is 0 Å². The van der Waals surface area contributed by atoms with Crippen LogP contribution in [-0.2, 0) is 6.42 Å². The van der Waals surface area contributed by atoms with Gasteiger partial charge in [-0.15, -0.1) is 0 Å². The Morgan fingerprint density at radius 2 is 1.51 bits per heavy atom. The minimum Gasteiger partial charge on any atom is -0.256 e. The van der Waals surface area contributed by atoms with Gasteiger partial charge in [-0.05, 0) is 35.1 Å². The fraction of sp³-hybridized carbons (Fsp3) is 0.128. The SMILES string of the molecule is CC1C=CC=C(c2nc(-c3ccccc3)nc(C3C=CC=C4Cc5c(-c6cccc7cccnc67)cccc5C43)n2)C=C1. The predicted octanol–water partition coefficient (Wildman–Crippen LogP) is 8.82. The highest BCUT2D eigenvalue weighted by molar-refractivity contribution is 5.95. The lowest BCUT2D eigenvalue weighted by molar-refractivity contribution is 0.659. The van der Waals surface area contributed by atoms with Crippen LogP contribution in [0.15, 0.2) is 139 Å². The van der Waals surface area contributed by atoms with Crippen LogP contribution in [0.4, 0.5) is 0 Å². The number of allylic oxidation sites excluding steroid dienone is 10. The summed E-state index contributed by atoms with van der Waals surface area (Å²) in [5.74, 6) is 2.73. The molecule has 0 aliphatic heterocycles. The van der Waals surface area contributed by atoms with E-state index in [2.05, 4.69) is 110 Å². The Hall–Kier alpha value is -5.22. The molecule has 0 radical (unpaired) electrons. The number of para-hydroxylation sites is 1. The third kappa shape index (κ3) is 4.56. The number of benzene rings is 3. The fourth-order valence-corrected chi connectivity index (χ4v) is 6.66. The van der Waals surface area contributed by atoms with E-state index < -0.39 is 0 Å². The van der Waals surface area contributed by atoms with Crippen molar-refractivity contribution in [3.05, 3.63) is 162 Å². The summed E-state index contributed by atoms with van der Waals surface area (Å²) in [6.07, 6.45) is 20.2. The van der Waals surface area contributed by atoms with Crippen molar-refractivity contribution in [2.24, 2.45) is 5.92 Å². The quantitative estimate of drug-likeness (QED) is 0.223. The Balaban J connectivity index is 1.27. The van der Waals surface area contributed by atoms with Gasteiger partial charge in [0.05, 0.1) is 5.52 Å². The molecule has 5 aromatic rings. The first-order valence-electron chi connectivity index (χ1n) is 14.9. The molecule has 8 rings (SSSR count). The van der Waals surface area contributed by atoms with E-state index in [1.54, 1.807) is 0 Å². The number of hydrogen-bond acceptors (Lipinski definition) is 4. The summed E-state index contributed by atoms with van der Waals surface area (Å²) in [5.41, 5.74) is 9.58. The Morgan fingerprint density at radius 3 is 2.44 bits per heavy atom. The zero-order valence-electron chi connectivity index (χ0n) is 23.9. The lowest BCUT2D eigenvalue weighted by Gasteiger charge is -2.25. The van der Waals surface area contributed by atoms with E-state index in [0.29, 0.717) is 17.6 Å². The van der Waals surface area contributed by atoms with Crippen LogP contribution in [0.5, 0.6) is 0 Å². The average molecular weight is 555 g/mol. The molecule has 4 nitrogen and oxygen atoms in total. The summed E-state index contributed by atoms with van der Waals surface area (Å²) in [7, 11) is 0. The second-order valence-electron chi connectivity index (χ2n) is 11.5. The third-order valence-electron chi connectivity index (χ3n) is 8.75. The molecule has 2 aromatic heterocycles. The number of fused-ring (bicyclic) bond motifs is 4. The first-order chi connectivity index (χ1) is 21.2. The molecule has 0 N–H and O–H groups in total. The van der Waals surface area contributed by atoms with Gasteiger partial charge in [-0.3, -0.25) is 4.98 Å². The van der Waals surface area contributed by atoms with Crippen molar-refractivity contribution in [2.75, 3.05) is 0 Å². The molecule has 3 aliphatic rings. The third-order valence-corrected chi connectivity index (χ3v) is 8.75. The zero-order valence-corrected chi connectivity index (χ0v) is 23.9. The van der Waals surface area contributed by atoms with Crippen LogP contribution < -0.4 is 0 Å². The number of nitrogens with zero attached hydrogens (tertiary/aromatic N) is 4. The van der Waals surface area contributed by atoms with Crippen molar-refractivity contribution < 1.29 is 0 Å². The summed E-state index contributed by atoms with van der Waals surface area (Å²) < 4.78 is 0. The molecule has 0 spiro atoms. The van der Waals surface area contributed by atoms with E-state index in [-0.39, 0.29) is 11.8 Å². The van der Waals surface area contributed by atoms with Crippen LogP contribution >= 0.6 is 0 Å². The molecule has 0 fully saturated rings. The van der Waals surface area contributed by atoms with Gasteiger partial charge in [0.15, 0.2) is 11.6 Å². The number of hydrogen-bond donors (Lipinski definition) is 0. The Labute approximate surface area is 251 Å². The van der Waals surface area contributed by atoms with Crippen LogP contribution in [0.3, 0.4) is 0 Å². The molecule has 3 aromatic carbocycles. The van der Waals surface area contributed by atoms with Gasteiger partial charge in [0.2, 0.25) is 0 Å². The highest BCUT2D eigenvalue weighted by Gasteiger charge is 2.38. The van der Waals surface area contributed by atoms with E-state index in [1.807, 2.05) is 30.5 Å². The highest BCUT2D eigenvalue weighted by atomic mass is 15.0. The monoisotopic (exact) mass is 554 g/mol. The Kier molecular flexibility index (Phi) is 6.26. The first kappa shape index (κ1) is 25.5. The largest absolute Gasteiger partial charge is 0.256 e. The molecule has 3 unspecified atom stereocenters. The van der Waals surface area contributed by atoms with Crippen molar-refractivity contribution in [1.82, 2.24) is 19.9 Å². The lowest BCUT2D eigenvalue weighted by Crippen LogP contribution is -2.16. The molecule has 0 bridgehead atoms. The van der Waals surface area contributed by atoms with Crippen LogP contribution in [0.1, 0.15) is 41.5 Å². The summed E-state index contributed by atoms with van der Waals surface area (Å²) in [6.45, 7) is 2.18. The zero-order chi connectivity index (χ0) is 28.8. The van der Waals surface area contributed by atoms with Gasteiger partial charge in [0.1, 0.15) is 5.82 Å². The second-order valence-corrected chi connectivity index (χ2v) is 11.5. The van der Waals surface area contributed by atoms with E-state index in [4.69, 9.17) is 19.9 Å². The number of pyridine rings is 1. The van der Waals surface area contributed by atoms with Gasteiger partial charge in [-0.1, -0.05) is 134 Å². The maximum absolute atomic E-state index is 5.16. The van der Waals surface area contributed by atoms with Crippen molar-refractivity contribution in [2.45, 2.75) is 25.2 Å². The van der Waals surface area contributed by atoms with Gasteiger partial charge in [0, 0.05) is 40.1 Å². The molecule has 0 amide bonds. The van der Waals surface area contributed by atoms with Gasteiger partial charge in [-0.2, -0.15) is 0 Å². The summed E-state index contributed by atoms with van der Waals surface area (Å²) >= 11 is 0. The van der Waals surface area contributed by atoms with Crippen LogP contribution in [0, 0.1) is 5.92 Å². The van der Waals surface area contributed by atoms with Gasteiger partial charge in [0.25, 0.3) is 0 Å². The number of aromatic nitrogens is 4. The smallest absolute Gasteiger partial charge is 0.163 e. The molecule has 3 aliphatic carbocycles. The van der Waals surface area contributed by atoms with E-state index in [0.717, 1.165) is 34.3 Å². The molecule has 0 saturated heterocycles. The average Bonchev–Trinajstić information content (AvgIpc) is 3.31. The Bertz CT molecular complexity index is 2020. The maximum atomic E-state index is 5.16. The molecule has 4 heteroatoms. The summed E-state index contributed by atoms with van der Waals surface area (Å²) in [5, 5.41) is 1.16. The van der Waals surface area contributed by atoms with Gasteiger partial charge < -0.3 is 0 Å². The maximum Gasteiger partial charge on any atom is 0.163 e. The molecule has 43 heavy (non-hydrogen) atoms. The van der Waals surface area contributed by atoms with Crippen LogP contribution in [-0.4, -0.2) is 19.9 Å². The molecule has 206 valence electrons. The molecule has 2 heterocycles. The Morgan fingerprint density at radius 1 is 0.698 bits per heavy atom. The number of rotatable bonds is 4. The van der Waals surface area contributed by atoms with Crippen molar-refractivity contribution in [3.8, 4) is 22.5 Å². The summed E-state index contributed by atoms with van der Waals surface area (Å²) in [4.78, 5) is 20.0. The molecule has 3 atom stereocenters. The van der Waals surface area contributed by atoms with Crippen LogP contribution in [0.2, 0.25) is 0 Å². The van der Waals surface area contributed by atoms with Gasteiger partial charge >= 0.3 is 0 Å². The van der Waals surface area contributed by atoms with Crippen molar-refractivity contribution in [3.63, 3.8) is 0 Å².